The van der Waals surface area contributed by atoms with E-state index in [1.54, 1.807) is 0 Å². The summed E-state index contributed by atoms with van der Waals surface area (Å²) in [6.45, 7) is 6.58. The number of hydrogen-bond donors (Lipinski definition) is 1. The van der Waals surface area contributed by atoms with Crippen molar-refractivity contribution in [3.05, 3.63) is 0 Å². The van der Waals surface area contributed by atoms with Crippen LogP contribution in [0.4, 0.5) is 0 Å². The molecule has 2 aliphatic heterocycles. The van der Waals surface area contributed by atoms with Crippen molar-refractivity contribution in [1.29, 1.82) is 0 Å². The Morgan fingerprint density at radius 3 is 2.67 bits per heavy atom. The smallest absolute Gasteiger partial charge is 0.0480 e. The zero-order chi connectivity index (χ0) is 10.7. The highest BCUT2D eigenvalue weighted by atomic mass is 16.5. The van der Waals surface area contributed by atoms with Crippen molar-refractivity contribution in [1.82, 2.24) is 10.2 Å². The highest BCUT2D eigenvalue weighted by Gasteiger charge is 2.32. The second-order valence-corrected chi connectivity index (χ2v) is 4.90. The summed E-state index contributed by atoms with van der Waals surface area (Å²) in [4.78, 5) is 2.61. The van der Waals surface area contributed by atoms with Gasteiger partial charge < -0.3 is 10.1 Å². The van der Waals surface area contributed by atoms with Crippen LogP contribution in [-0.4, -0.2) is 50.3 Å². The summed E-state index contributed by atoms with van der Waals surface area (Å²) < 4.78 is 5.42. The summed E-state index contributed by atoms with van der Waals surface area (Å²) >= 11 is 0. The Hall–Kier alpha value is -0.120. The maximum Gasteiger partial charge on any atom is 0.0480 e. The van der Waals surface area contributed by atoms with Crippen molar-refractivity contribution in [2.45, 2.75) is 38.3 Å². The van der Waals surface area contributed by atoms with Crippen LogP contribution in [0, 0.1) is 5.92 Å². The third kappa shape index (κ3) is 2.52. The van der Waals surface area contributed by atoms with E-state index in [2.05, 4.69) is 24.2 Å². The van der Waals surface area contributed by atoms with E-state index >= 15 is 0 Å². The van der Waals surface area contributed by atoms with Crippen LogP contribution < -0.4 is 5.32 Å². The number of likely N-dealkylation sites (N-methyl/N-ethyl adjacent to an activating group) is 1. The van der Waals surface area contributed by atoms with Gasteiger partial charge in [-0.15, -0.1) is 0 Å². The van der Waals surface area contributed by atoms with Crippen LogP contribution in [0.25, 0.3) is 0 Å². The number of ether oxygens (including phenoxy) is 1. The lowest BCUT2D eigenvalue weighted by atomic mass is 9.96. The average Bonchev–Trinajstić information content (AvgIpc) is 2.77. The average molecular weight is 212 g/mol. The van der Waals surface area contributed by atoms with Gasteiger partial charge in [-0.05, 0) is 32.4 Å². The normalized spacial score (nSPS) is 33.8. The van der Waals surface area contributed by atoms with E-state index in [1.165, 1.54) is 32.4 Å². The van der Waals surface area contributed by atoms with Crippen molar-refractivity contribution < 1.29 is 4.74 Å². The van der Waals surface area contributed by atoms with E-state index in [4.69, 9.17) is 4.74 Å². The van der Waals surface area contributed by atoms with Gasteiger partial charge in [0, 0.05) is 31.8 Å². The van der Waals surface area contributed by atoms with Crippen molar-refractivity contribution in [3.8, 4) is 0 Å². The van der Waals surface area contributed by atoms with Crippen LogP contribution in [-0.2, 0) is 4.74 Å². The molecular weight excluding hydrogens is 188 g/mol. The van der Waals surface area contributed by atoms with Gasteiger partial charge in [-0.25, -0.2) is 0 Å². The first-order chi connectivity index (χ1) is 7.33. The summed E-state index contributed by atoms with van der Waals surface area (Å²) in [6.07, 6.45) is 3.72. The molecule has 0 radical (unpaired) electrons. The molecule has 15 heavy (non-hydrogen) atoms. The third-order valence-electron chi connectivity index (χ3n) is 4.12. The minimum absolute atomic E-state index is 0.748. The third-order valence-corrected chi connectivity index (χ3v) is 4.12. The minimum atomic E-state index is 0.748. The van der Waals surface area contributed by atoms with Crippen LogP contribution in [0.15, 0.2) is 0 Å². The summed E-state index contributed by atoms with van der Waals surface area (Å²) in [7, 11) is 2.30. The quantitative estimate of drug-likeness (QED) is 0.758. The molecule has 88 valence electrons. The summed E-state index contributed by atoms with van der Waals surface area (Å²) in [5.74, 6) is 0.845. The molecule has 0 aliphatic carbocycles. The highest BCUT2D eigenvalue weighted by molar-refractivity contribution is 4.89. The SMILES string of the molecule is CCC1CNCC1N(C)C1CCOCC1. The molecule has 2 rings (SSSR count). The molecule has 0 aromatic heterocycles. The topological polar surface area (TPSA) is 24.5 Å². The van der Waals surface area contributed by atoms with Crippen LogP contribution in [0.2, 0.25) is 0 Å². The summed E-state index contributed by atoms with van der Waals surface area (Å²) in [5, 5.41) is 3.52. The number of rotatable bonds is 3. The lowest BCUT2D eigenvalue weighted by Crippen LogP contribution is -2.46. The van der Waals surface area contributed by atoms with Gasteiger partial charge in [0.05, 0.1) is 0 Å². The van der Waals surface area contributed by atoms with Crippen molar-refractivity contribution >= 4 is 0 Å². The second kappa shape index (κ2) is 5.28. The van der Waals surface area contributed by atoms with Gasteiger partial charge in [-0.3, -0.25) is 4.90 Å². The van der Waals surface area contributed by atoms with Crippen LogP contribution in [0.1, 0.15) is 26.2 Å². The predicted octanol–water partition coefficient (Wildman–Crippen LogP) is 1.10. The molecule has 2 heterocycles. The summed E-state index contributed by atoms with van der Waals surface area (Å²) in [5.41, 5.74) is 0. The van der Waals surface area contributed by atoms with Crippen molar-refractivity contribution in [3.63, 3.8) is 0 Å². The summed E-state index contributed by atoms with van der Waals surface area (Å²) in [6, 6.07) is 1.50. The van der Waals surface area contributed by atoms with Gasteiger partial charge in [0.15, 0.2) is 0 Å². The molecule has 2 aliphatic rings. The first-order valence-electron chi connectivity index (χ1n) is 6.33. The molecule has 2 atom stereocenters. The Bertz CT molecular complexity index is 192. The van der Waals surface area contributed by atoms with E-state index in [-0.39, 0.29) is 0 Å². The van der Waals surface area contributed by atoms with E-state index in [1.807, 2.05) is 0 Å². The first-order valence-corrected chi connectivity index (χ1v) is 6.33. The van der Waals surface area contributed by atoms with Gasteiger partial charge in [-0.1, -0.05) is 13.3 Å². The zero-order valence-corrected chi connectivity index (χ0v) is 10.0. The van der Waals surface area contributed by atoms with E-state index < -0.39 is 0 Å². The molecule has 0 aromatic carbocycles. The van der Waals surface area contributed by atoms with Crippen LogP contribution >= 0.6 is 0 Å². The van der Waals surface area contributed by atoms with Gasteiger partial charge in [0.2, 0.25) is 0 Å². The fourth-order valence-electron chi connectivity index (χ4n) is 2.98. The monoisotopic (exact) mass is 212 g/mol. The molecule has 2 fully saturated rings. The maximum atomic E-state index is 5.42. The van der Waals surface area contributed by atoms with Crippen molar-refractivity contribution in [2.75, 3.05) is 33.4 Å². The molecular formula is C12H24N2O. The lowest BCUT2D eigenvalue weighted by Gasteiger charge is -2.37. The van der Waals surface area contributed by atoms with Crippen LogP contribution in [0.5, 0.6) is 0 Å². The second-order valence-electron chi connectivity index (χ2n) is 4.90. The van der Waals surface area contributed by atoms with Gasteiger partial charge >= 0.3 is 0 Å². The zero-order valence-electron chi connectivity index (χ0n) is 10.0. The molecule has 1 N–H and O–H groups in total. The van der Waals surface area contributed by atoms with Gasteiger partial charge in [0.25, 0.3) is 0 Å². The van der Waals surface area contributed by atoms with Gasteiger partial charge in [-0.2, -0.15) is 0 Å². The number of hydrogen-bond acceptors (Lipinski definition) is 3. The van der Waals surface area contributed by atoms with Crippen molar-refractivity contribution in [2.24, 2.45) is 5.92 Å². The Morgan fingerprint density at radius 1 is 1.27 bits per heavy atom. The highest BCUT2D eigenvalue weighted by Crippen LogP contribution is 2.23. The molecule has 0 bridgehead atoms. The Morgan fingerprint density at radius 2 is 2.00 bits per heavy atom. The standard InChI is InChI=1S/C12H24N2O/c1-3-10-8-13-9-12(10)14(2)11-4-6-15-7-5-11/h10-13H,3-9H2,1-2H3. The predicted molar refractivity (Wildman–Crippen MR) is 62.0 cm³/mol. The maximum absolute atomic E-state index is 5.42. The Kier molecular flexibility index (Phi) is 4.00. The molecule has 0 saturated carbocycles. The molecule has 0 aromatic rings. The molecule has 3 nitrogen and oxygen atoms in total. The first kappa shape index (κ1) is 11.4. The number of nitrogens with zero attached hydrogens (tertiary/aromatic N) is 1. The lowest BCUT2D eigenvalue weighted by molar-refractivity contribution is 0.0243. The van der Waals surface area contributed by atoms with Gasteiger partial charge in [0.1, 0.15) is 0 Å². The molecule has 3 heteroatoms. The van der Waals surface area contributed by atoms with Crippen LogP contribution in [0.3, 0.4) is 0 Å². The molecule has 2 saturated heterocycles. The molecule has 0 amide bonds. The Labute approximate surface area is 93.2 Å². The molecule has 0 spiro atoms. The molecule has 2 unspecified atom stereocenters. The van der Waals surface area contributed by atoms with E-state index in [9.17, 15) is 0 Å². The van der Waals surface area contributed by atoms with E-state index in [0.717, 1.165) is 31.2 Å². The largest absolute Gasteiger partial charge is 0.381 e. The minimum Gasteiger partial charge on any atom is -0.381 e. The van der Waals surface area contributed by atoms with E-state index in [0.29, 0.717) is 0 Å². The number of nitrogens with one attached hydrogen (secondary N) is 1. The fraction of sp³-hybridized carbons (Fsp3) is 1.00. The fourth-order valence-corrected chi connectivity index (χ4v) is 2.98. The Balaban J connectivity index is 1.90.